The molecular weight excluding hydrogens is 317 g/mol. The number of hydrogen-bond acceptors (Lipinski definition) is 2. The molecule has 2 unspecified atom stereocenters. The van der Waals surface area contributed by atoms with E-state index >= 15 is 0 Å². The summed E-state index contributed by atoms with van der Waals surface area (Å²) in [6.07, 6.45) is 0.258. The molecule has 4 rings (SSSR count). The molecule has 22 heavy (non-hydrogen) atoms. The smallest absolute Gasteiger partial charge is 0.0787 e. The van der Waals surface area contributed by atoms with Crippen molar-refractivity contribution in [1.29, 1.82) is 0 Å². The maximum Gasteiger partial charge on any atom is 0.0787 e. The normalized spacial score (nSPS) is 24.1. The second-order valence-electron chi connectivity index (χ2n) is 6.06. The minimum atomic E-state index is 0.258. The number of halogens is 2. The first-order chi connectivity index (χ1) is 10.7. The topological polar surface area (TPSA) is 12.5 Å². The minimum absolute atomic E-state index is 0.258. The highest BCUT2D eigenvalue weighted by molar-refractivity contribution is 6.42. The quantitative estimate of drug-likeness (QED) is 0.802. The van der Waals surface area contributed by atoms with Crippen molar-refractivity contribution in [3.63, 3.8) is 0 Å². The van der Waals surface area contributed by atoms with Gasteiger partial charge in [-0.1, -0.05) is 59.6 Å². The first kappa shape index (κ1) is 14.5. The van der Waals surface area contributed by atoms with E-state index in [-0.39, 0.29) is 6.10 Å². The highest BCUT2D eigenvalue weighted by Crippen LogP contribution is 2.41. The van der Waals surface area contributed by atoms with Gasteiger partial charge in [0, 0.05) is 31.1 Å². The van der Waals surface area contributed by atoms with Crippen LogP contribution in [0, 0.1) is 0 Å². The molecule has 0 aliphatic carbocycles. The Bertz CT molecular complexity index is 689. The number of rotatable bonds is 2. The third-order valence-corrected chi connectivity index (χ3v) is 5.51. The number of likely N-dealkylation sites (tertiary alicyclic amines) is 1. The predicted molar refractivity (Wildman–Crippen MR) is 89.5 cm³/mol. The van der Waals surface area contributed by atoms with Crippen LogP contribution in [0.3, 0.4) is 0 Å². The van der Waals surface area contributed by atoms with Crippen LogP contribution in [0.2, 0.25) is 10.0 Å². The van der Waals surface area contributed by atoms with E-state index in [9.17, 15) is 0 Å². The summed E-state index contributed by atoms with van der Waals surface area (Å²) in [6.45, 7) is 3.51. The molecule has 0 amide bonds. The van der Waals surface area contributed by atoms with Crippen LogP contribution < -0.4 is 0 Å². The molecule has 2 atom stereocenters. The van der Waals surface area contributed by atoms with E-state index in [0.717, 1.165) is 25.2 Å². The molecule has 2 aliphatic heterocycles. The van der Waals surface area contributed by atoms with Gasteiger partial charge in [0.25, 0.3) is 0 Å². The molecule has 2 aliphatic rings. The molecule has 2 heterocycles. The molecule has 114 valence electrons. The fourth-order valence-corrected chi connectivity index (χ4v) is 3.99. The average molecular weight is 334 g/mol. The SMILES string of the molecule is Clc1ccc2c(c1Cl)COC1CN(Cc3ccccc3)CC21. The standard InChI is InChI=1S/C18H17Cl2NO/c19-16-7-6-13-14-9-21(8-12-4-2-1-3-5-12)10-17(14)22-11-15(13)18(16)20/h1-7,14,17H,8-11H2. The summed E-state index contributed by atoms with van der Waals surface area (Å²) in [4.78, 5) is 2.46. The van der Waals surface area contributed by atoms with Crippen molar-refractivity contribution in [2.75, 3.05) is 13.1 Å². The number of hydrogen-bond donors (Lipinski definition) is 0. The van der Waals surface area contributed by atoms with Crippen molar-refractivity contribution in [2.24, 2.45) is 0 Å². The Morgan fingerprint density at radius 1 is 1.05 bits per heavy atom. The van der Waals surface area contributed by atoms with Gasteiger partial charge in [0.05, 0.1) is 22.8 Å². The number of fused-ring (bicyclic) bond motifs is 3. The zero-order valence-electron chi connectivity index (χ0n) is 12.1. The van der Waals surface area contributed by atoms with Gasteiger partial charge in [-0.05, 0) is 17.2 Å². The van der Waals surface area contributed by atoms with Gasteiger partial charge in [0.1, 0.15) is 0 Å². The molecular formula is C18H17Cl2NO. The van der Waals surface area contributed by atoms with E-state index in [1.54, 1.807) is 0 Å². The molecule has 0 saturated carbocycles. The summed E-state index contributed by atoms with van der Waals surface area (Å²) in [5.74, 6) is 0.391. The van der Waals surface area contributed by atoms with Gasteiger partial charge in [-0.15, -0.1) is 0 Å². The zero-order chi connectivity index (χ0) is 15.1. The van der Waals surface area contributed by atoms with Gasteiger partial charge in [0.15, 0.2) is 0 Å². The van der Waals surface area contributed by atoms with E-state index in [1.165, 1.54) is 11.1 Å². The average Bonchev–Trinajstić information content (AvgIpc) is 2.94. The van der Waals surface area contributed by atoms with E-state index < -0.39 is 0 Å². The van der Waals surface area contributed by atoms with Gasteiger partial charge in [-0.2, -0.15) is 0 Å². The zero-order valence-corrected chi connectivity index (χ0v) is 13.6. The Balaban J connectivity index is 1.57. The minimum Gasteiger partial charge on any atom is -0.371 e. The van der Waals surface area contributed by atoms with E-state index in [0.29, 0.717) is 22.6 Å². The van der Waals surface area contributed by atoms with Crippen molar-refractivity contribution in [3.05, 3.63) is 69.2 Å². The number of nitrogens with zero attached hydrogens (tertiary/aromatic N) is 1. The van der Waals surface area contributed by atoms with Crippen LogP contribution in [0.5, 0.6) is 0 Å². The van der Waals surface area contributed by atoms with Gasteiger partial charge in [0.2, 0.25) is 0 Å². The fraction of sp³-hybridized carbons (Fsp3) is 0.333. The van der Waals surface area contributed by atoms with E-state index in [4.69, 9.17) is 27.9 Å². The largest absolute Gasteiger partial charge is 0.371 e. The Kier molecular flexibility index (Phi) is 3.87. The fourth-order valence-electron chi connectivity index (χ4n) is 3.58. The predicted octanol–water partition coefficient (Wildman–Crippen LogP) is 4.49. The Morgan fingerprint density at radius 2 is 1.86 bits per heavy atom. The summed E-state index contributed by atoms with van der Waals surface area (Å²) in [5.41, 5.74) is 3.72. The van der Waals surface area contributed by atoms with Crippen molar-refractivity contribution < 1.29 is 4.74 Å². The molecule has 0 N–H and O–H groups in total. The van der Waals surface area contributed by atoms with Crippen LogP contribution in [0.1, 0.15) is 22.6 Å². The molecule has 0 bridgehead atoms. The van der Waals surface area contributed by atoms with Gasteiger partial charge >= 0.3 is 0 Å². The van der Waals surface area contributed by atoms with Gasteiger partial charge in [-0.25, -0.2) is 0 Å². The van der Waals surface area contributed by atoms with Crippen molar-refractivity contribution in [3.8, 4) is 0 Å². The molecule has 0 radical (unpaired) electrons. The van der Waals surface area contributed by atoms with Crippen LogP contribution in [0.4, 0.5) is 0 Å². The van der Waals surface area contributed by atoms with E-state index in [1.807, 2.05) is 6.07 Å². The number of ether oxygens (including phenoxy) is 1. The highest BCUT2D eigenvalue weighted by Gasteiger charge is 2.39. The first-order valence-corrected chi connectivity index (χ1v) is 8.32. The summed E-state index contributed by atoms with van der Waals surface area (Å²) in [7, 11) is 0. The number of benzene rings is 2. The van der Waals surface area contributed by atoms with Gasteiger partial charge in [-0.3, -0.25) is 4.90 Å². The van der Waals surface area contributed by atoms with Crippen LogP contribution >= 0.6 is 23.2 Å². The summed E-state index contributed by atoms with van der Waals surface area (Å²) in [5, 5.41) is 1.26. The lowest BCUT2D eigenvalue weighted by atomic mass is 9.89. The second kappa shape index (κ2) is 5.86. The molecule has 4 heteroatoms. The monoisotopic (exact) mass is 333 g/mol. The van der Waals surface area contributed by atoms with Crippen molar-refractivity contribution >= 4 is 23.2 Å². The first-order valence-electron chi connectivity index (χ1n) is 7.57. The van der Waals surface area contributed by atoms with Crippen LogP contribution in [0.15, 0.2) is 42.5 Å². The molecule has 0 aromatic heterocycles. The summed E-state index contributed by atoms with van der Waals surface area (Å²) >= 11 is 12.5. The molecule has 2 aromatic carbocycles. The Hall–Kier alpha value is -1.06. The van der Waals surface area contributed by atoms with E-state index in [2.05, 4.69) is 41.3 Å². The third-order valence-electron chi connectivity index (χ3n) is 4.66. The van der Waals surface area contributed by atoms with Crippen LogP contribution in [-0.2, 0) is 17.9 Å². The highest BCUT2D eigenvalue weighted by atomic mass is 35.5. The Morgan fingerprint density at radius 3 is 2.68 bits per heavy atom. The molecule has 2 nitrogen and oxygen atoms in total. The van der Waals surface area contributed by atoms with Crippen LogP contribution in [0.25, 0.3) is 0 Å². The Labute approximate surface area is 140 Å². The third kappa shape index (κ3) is 2.55. The van der Waals surface area contributed by atoms with Crippen molar-refractivity contribution in [1.82, 2.24) is 4.90 Å². The molecule has 2 aromatic rings. The maximum absolute atomic E-state index is 6.34. The lowest BCUT2D eigenvalue weighted by Gasteiger charge is -2.28. The summed E-state index contributed by atoms with van der Waals surface area (Å²) < 4.78 is 6.05. The molecule has 1 saturated heterocycles. The van der Waals surface area contributed by atoms with Crippen LogP contribution in [-0.4, -0.2) is 24.1 Å². The van der Waals surface area contributed by atoms with Gasteiger partial charge < -0.3 is 4.74 Å². The summed E-state index contributed by atoms with van der Waals surface area (Å²) in [6, 6.07) is 14.6. The maximum atomic E-state index is 6.34. The van der Waals surface area contributed by atoms with Crippen molar-refractivity contribution in [2.45, 2.75) is 25.2 Å². The molecule has 1 fully saturated rings. The second-order valence-corrected chi connectivity index (χ2v) is 6.85. The lowest BCUT2D eigenvalue weighted by molar-refractivity contribution is 0.0250. The molecule has 0 spiro atoms. The lowest BCUT2D eigenvalue weighted by Crippen LogP contribution is -2.27.